The van der Waals surface area contributed by atoms with Gasteiger partial charge in [-0.2, -0.15) is 0 Å². The van der Waals surface area contributed by atoms with Gasteiger partial charge in [-0.05, 0) is 19.3 Å². The molecule has 190 valence electrons. The zero-order chi connectivity index (χ0) is 24.0. The maximum absolute atomic E-state index is 11.9. The summed E-state index contributed by atoms with van der Waals surface area (Å²) in [5.74, 6) is -2.70. The summed E-state index contributed by atoms with van der Waals surface area (Å²) in [5.41, 5.74) is 5.70. The number of esters is 4. The SMILES string of the molecule is CCCCCCCCCC(=O)OC(=O)CC[C@H](N)C(=O)OC(=O)CCCCCCCCC.[NaH].[NaH]. The summed E-state index contributed by atoms with van der Waals surface area (Å²) >= 11 is 0. The minimum atomic E-state index is -1.10. The second-order valence-corrected chi connectivity index (χ2v) is 8.53. The van der Waals surface area contributed by atoms with E-state index in [9.17, 15) is 19.2 Å². The third-order valence-corrected chi connectivity index (χ3v) is 5.37. The number of carbonyl (C=O) groups is 4. The number of unbranched alkanes of at least 4 members (excludes halogenated alkanes) is 12. The molecule has 0 spiro atoms. The van der Waals surface area contributed by atoms with Crippen molar-refractivity contribution in [2.24, 2.45) is 5.73 Å². The van der Waals surface area contributed by atoms with E-state index in [0.29, 0.717) is 12.8 Å². The van der Waals surface area contributed by atoms with Crippen LogP contribution in [0, 0.1) is 0 Å². The van der Waals surface area contributed by atoms with Gasteiger partial charge in [0.1, 0.15) is 6.04 Å². The predicted molar refractivity (Wildman–Crippen MR) is 139 cm³/mol. The Hall–Kier alpha value is 0.240. The number of ether oxygens (including phenoxy) is 2. The van der Waals surface area contributed by atoms with Crippen molar-refractivity contribution in [1.29, 1.82) is 0 Å². The van der Waals surface area contributed by atoms with Gasteiger partial charge >= 0.3 is 83.0 Å². The zero-order valence-corrected chi connectivity index (χ0v) is 20.3. The number of hydrogen-bond acceptors (Lipinski definition) is 7. The predicted octanol–water partition coefficient (Wildman–Crippen LogP) is 4.22. The van der Waals surface area contributed by atoms with Crippen LogP contribution >= 0.6 is 0 Å². The van der Waals surface area contributed by atoms with Crippen LogP contribution < -0.4 is 5.73 Å². The van der Waals surface area contributed by atoms with Gasteiger partial charge in [-0.1, -0.05) is 90.9 Å². The fourth-order valence-electron chi connectivity index (χ4n) is 3.31. The van der Waals surface area contributed by atoms with Crippen molar-refractivity contribution in [1.82, 2.24) is 0 Å². The van der Waals surface area contributed by atoms with E-state index >= 15 is 0 Å². The van der Waals surface area contributed by atoms with Gasteiger partial charge in [0.2, 0.25) is 0 Å². The number of nitrogens with two attached hydrogens (primary N) is 1. The molecule has 34 heavy (non-hydrogen) atoms. The molecule has 0 saturated carbocycles. The van der Waals surface area contributed by atoms with Crippen LogP contribution in [0.5, 0.6) is 0 Å². The van der Waals surface area contributed by atoms with E-state index in [0.717, 1.165) is 38.5 Å². The molecule has 0 aromatic carbocycles. The van der Waals surface area contributed by atoms with Crippen molar-refractivity contribution in [2.45, 2.75) is 135 Å². The van der Waals surface area contributed by atoms with Crippen molar-refractivity contribution < 1.29 is 28.7 Å². The van der Waals surface area contributed by atoms with Crippen LogP contribution in [0.1, 0.15) is 129 Å². The van der Waals surface area contributed by atoms with Gasteiger partial charge in [0, 0.05) is 19.3 Å². The summed E-state index contributed by atoms with van der Waals surface area (Å²) in [5, 5.41) is 0. The second kappa shape index (κ2) is 27.8. The fourth-order valence-corrected chi connectivity index (χ4v) is 3.31. The first kappa shape index (κ1) is 38.8. The standard InChI is InChI=1S/C25H45NO6.2Na.2H/c1-3-5-7-9-11-13-15-17-22(27)31-24(29)20-19-21(26)25(30)32-23(28)18-16-14-12-10-8-6-4-2;;;;/h21H,3-20,26H2,1-2H3;;;;/t21-;;;;/m0..../s1. The van der Waals surface area contributed by atoms with E-state index < -0.39 is 29.9 Å². The Kier molecular flexibility index (Phi) is 31.7. The van der Waals surface area contributed by atoms with Gasteiger partial charge in [0.25, 0.3) is 0 Å². The first-order chi connectivity index (χ1) is 15.4. The number of rotatable bonds is 20. The van der Waals surface area contributed by atoms with Gasteiger partial charge in [-0.15, -0.1) is 0 Å². The summed E-state index contributed by atoms with van der Waals surface area (Å²) < 4.78 is 9.50. The van der Waals surface area contributed by atoms with Crippen molar-refractivity contribution in [2.75, 3.05) is 0 Å². The zero-order valence-electron chi connectivity index (χ0n) is 20.3. The van der Waals surface area contributed by atoms with Crippen LogP contribution in [0.4, 0.5) is 0 Å². The Balaban J connectivity index is -0.00000480. The maximum atomic E-state index is 11.9. The third-order valence-electron chi connectivity index (χ3n) is 5.37. The van der Waals surface area contributed by atoms with Crippen molar-refractivity contribution in [3.8, 4) is 0 Å². The molecule has 0 aliphatic carbocycles. The molecule has 0 aliphatic heterocycles. The summed E-state index contributed by atoms with van der Waals surface area (Å²) in [7, 11) is 0. The first-order valence-corrected chi connectivity index (χ1v) is 12.6. The molecule has 2 N–H and O–H groups in total. The molecule has 7 nitrogen and oxygen atoms in total. The average Bonchev–Trinajstić information content (AvgIpc) is 2.76. The quantitative estimate of drug-likeness (QED) is 0.115. The molecule has 9 heteroatoms. The van der Waals surface area contributed by atoms with Gasteiger partial charge < -0.3 is 15.2 Å². The van der Waals surface area contributed by atoms with Crippen LogP contribution in [0.15, 0.2) is 0 Å². The molecule has 0 saturated heterocycles. The molecule has 0 aliphatic rings. The van der Waals surface area contributed by atoms with E-state index in [-0.39, 0.29) is 84.8 Å². The number of hydrogen-bond donors (Lipinski definition) is 1. The molecule has 0 fully saturated rings. The topological polar surface area (TPSA) is 113 Å². The van der Waals surface area contributed by atoms with Crippen LogP contribution in [-0.4, -0.2) is 89.0 Å². The van der Waals surface area contributed by atoms with E-state index in [4.69, 9.17) is 15.2 Å². The molecule has 0 aromatic heterocycles. The van der Waals surface area contributed by atoms with Crippen LogP contribution in [0.25, 0.3) is 0 Å². The van der Waals surface area contributed by atoms with Crippen molar-refractivity contribution >= 4 is 83.0 Å². The Labute approximate surface area is 251 Å². The Bertz CT molecular complexity index is 545. The Morgan fingerprint density at radius 1 is 0.559 bits per heavy atom. The fraction of sp³-hybridized carbons (Fsp3) is 0.840. The van der Waals surface area contributed by atoms with Gasteiger partial charge in [0.15, 0.2) is 0 Å². The monoisotopic (exact) mass is 503 g/mol. The van der Waals surface area contributed by atoms with Crippen molar-refractivity contribution in [3.05, 3.63) is 0 Å². The van der Waals surface area contributed by atoms with Gasteiger partial charge in [-0.3, -0.25) is 14.4 Å². The van der Waals surface area contributed by atoms with Crippen molar-refractivity contribution in [3.63, 3.8) is 0 Å². The normalized spacial score (nSPS) is 11.0. The van der Waals surface area contributed by atoms with E-state index in [1.54, 1.807) is 0 Å². The molecule has 0 rings (SSSR count). The summed E-state index contributed by atoms with van der Waals surface area (Å²) in [6.45, 7) is 4.33. The van der Waals surface area contributed by atoms with Crippen LogP contribution in [-0.2, 0) is 28.7 Å². The molecule has 0 aromatic rings. The molecule has 0 radical (unpaired) electrons. The van der Waals surface area contributed by atoms with E-state index in [1.807, 2.05) is 0 Å². The molecule has 1 atom stereocenters. The second-order valence-electron chi connectivity index (χ2n) is 8.53. The Morgan fingerprint density at radius 3 is 1.35 bits per heavy atom. The molecule has 0 heterocycles. The van der Waals surface area contributed by atoms with Gasteiger partial charge in [-0.25, -0.2) is 4.79 Å². The molecular weight excluding hydrogens is 456 g/mol. The molecule has 0 unspecified atom stereocenters. The van der Waals surface area contributed by atoms with Crippen LogP contribution in [0.3, 0.4) is 0 Å². The molecular formula is C25H47NNa2O6. The third kappa shape index (κ3) is 25.3. The van der Waals surface area contributed by atoms with Crippen LogP contribution in [0.2, 0.25) is 0 Å². The minimum absolute atomic E-state index is 0. The van der Waals surface area contributed by atoms with E-state index in [1.165, 1.54) is 38.5 Å². The molecule has 0 amide bonds. The first-order valence-electron chi connectivity index (χ1n) is 12.6. The average molecular weight is 504 g/mol. The number of carbonyl (C=O) groups excluding carboxylic acids is 4. The van der Waals surface area contributed by atoms with Gasteiger partial charge in [0.05, 0.1) is 0 Å². The Morgan fingerprint density at radius 2 is 0.912 bits per heavy atom. The summed E-state index contributed by atoms with van der Waals surface area (Å²) in [6, 6.07) is -1.10. The molecule has 0 bridgehead atoms. The summed E-state index contributed by atoms with van der Waals surface area (Å²) in [4.78, 5) is 47.1. The summed E-state index contributed by atoms with van der Waals surface area (Å²) in [6.07, 6.45) is 15.2. The van der Waals surface area contributed by atoms with E-state index in [2.05, 4.69) is 13.8 Å².